The van der Waals surface area contributed by atoms with Crippen LogP contribution in [-0.2, 0) is 18.4 Å². The second kappa shape index (κ2) is 9.89. The summed E-state index contributed by atoms with van der Waals surface area (Å²) in [7, 11) is 1.97. The number of hydrogen-bond donors (Lipinski definition) is 1. The van der Waals surface area contributed by atoms with E-state index in [1.807, 2.05) is 41.8 Å². The molecule has 0 bridgehead atoms. The minimum atomic E-state index is -0.250. The van der Waals surface area contributed by atoms with Crippen molar-refractivity contribution in [2.45, 2.75) is 26.8 Å². The van der Waals surface area contributed by atoms with Gasteiger partial charge >= 0.3 is 0 Å². The minimum absolute atomic E-state index is 0.0258. The third-order valence-electron chi connectivity index (χ3n) is 4.83. The van der Waals surface area contributed by atoms with Gasteiger partial charge in [-0.25, -0.2) is 0 Å². The van der Waals surface area contributed by atoms with Crippen molar-refractivity contribution in [3.8, 4) is 0 Å². The summed E-state index contributed by atoms with van der Waals surface area (Å²) in [5.41, 5.74) is 2.75. The SMILES string of the molecule is CC(=O)c1cc(CN2CCCN(C(=O)c3occc3C)CC2)n(C)c1.O=CO. The summed E-state index contributed by atoms with van der Waals surface area (Å²) in [6.07, 6.45) is 4.37. The van der Waals surface area contributed by atoms with Crippen LogP contribution in [0.15, 0.2) is 29.0 Å². The summed E-state index contributed by atoms with van der Waals surface area (Å²) < 4.78 is 7.35. The van der Waals surface area contributed by atoms with Crippen LogP contribution in [0.5, 0.6) is 0 Å². The van der Waals surface area contributed by atoms with E-state index >= 15 is 0 Å². The smallest absolute Gasteiger partial charge is 0.290 e. The number of aromatic nitrogens is 1. The van der Waals surface area contributed by atoms with Crippen LogP contribution in [0.25, 0.3) is 0 Å². The van der Waals surface area contributed by atoms with Crippen LogP contribution in [0.3, 0.4) is 0 Å². The van der Waals surface area contributed by atoms with Gasteiger partial charge in [0.1, 0.15) is 0 Å². The molecule has 1 fully saturated rings. The highest BCUT2D eigenvalue weighted by Gasteiger charge is 2.24. The molecule has 8 nitrogen and oxygen atoms in total. The van der Waals surface area contributed by atoms with Gasteiger partial charge in [0.05, 0.1) is 6.26 Å². The zero-order valence-corrected chi connectivity index (χ0v) is 16.6. The van der Waals surface area contributed by atoms with Gasteiger partial charge in [0, 0.05) is 62.8 Å². The maximum Gasteiger partial charge on any atom is 0.290 e. The van der Waals surface area contributed by atoms with E-state index in [0.717, 1.165) is 49.4 Å². The molecule has 0 atom stereocenters. The highest BCUT2D eigenvalue weighted by atomic mass is 16.3. The lowest BCUT2D eigenvalue weighted by Crippen LogP contribution is -2.35. The van der Waals surface area contributed by atoms with Gasteiger partial charge < -0.3 is 19.0 Å². The molecule has 0 radical (unpaired) electrons. The highest BCUT2D eigenvalue weighted by Crippen LogP contribution is 2.16. The number of aryl methyl sites for hydroxylation is 2. The topological polar surface area (TPSA) is 96.0 Å². The van der Waals surface area contributed by atoms with E-state index in [-0.39, 0.29) is 18.2 Å². The standard InChI is InChI=1S/C19H25N3O3.CH2O2/c1-14-5-10-25-18(14)19(24)22-7-4-6-21(8-9-22)13-17-11-16(15(2)23)12-20(17)3;2-1-3/h5,10-12H,4,6-9,13H2,1-3H3;1H,(H,2,3). The lowest BCUT2D eigenvalue weighted by Gasteiger charge is -2.21. The number of Topliss-reactive ketones (excluding diaryl/α,β-unsaturated/α-hetero) is 1. The maximum atomic E-state index is 12.6. The van der Waals surface area contributed by atoms with Crippen LogP contribution in [0, 0.1) is 6.92 Å². The van der Waals surface area contributed by atoms with Crippen LogP contribution in [0.1, 0.15) is 45.5 Å². The van der Waals surface area contributed by atoms with Crippen LogP contribution >= 0.6 is 0 Å². The zero-order valence-electron chi connectivity index (χ0n) is 16.6. The third-order valence-corrected chi connectivity index (χ3v) is 4.83. The van der Waals surface area contributed by atoms with Crippen molar-refractivity contribution < 1.29 is 23.9 Å². The van der Waals surface area contributed by atoms with Gasteiger partial charge in [-0.1, -0.05) is 0 Å². The van der Waals surface area contributed by atoms with Crippen molar-refractivity contribution in [3.63, 3.8) is 0 Å². The van der Waals surface area contributed by atoms with Crippen LogP contribution in [0.4, 0.5) is 0 Å². The predicted molar refractivity (Wildman–Crippen MR) is 103 cm³/mol. The number of nitrogens with zero attached hydrogens (tertiary/aromatic N) is 3. The Morgan fingerprint density at radius 2 is 1.96 bits per heavy atom. The number of carbonyl (C=O) groups excluding carboxylic acids is 2. The van der Waals surface area contributed by atoms with Crippen LogP contribution in [-0.4, -0.2) is 63.8 Å². The molecule has 3 heterocycles. The molecule has 0 saturated carbocycles. The molecule has 1 amide bonds. The van der Waals surface area contributed by atoms with E-state index in [1.54, 1.807) is 13.2 Å². The molecule has 28 heavy (non-hydrogen) atoms. The first-order chi connectivity index (χ1) is 13.4. The average Bonchev–Trinajstić information content (AvgIpc) is 3.15. The Kier molecular flexibility index (Phi) is 7.57. The fourth-order valence-corrected chi connectivity index (χ4v) is 3.26. The van der Waals surface area contributed by atoms with E-state index in [2.05, 4.69) is 4.90 Å². The third kappa shape index (κ3) is 5.32. The number of ketones is 1. The number of carbonyl (C=O) groups is 3. The Balaban J connectivity index is 0.000000878. The normalized spacial score (nSPS) is 14.8. The van der Waals surface area contributed by atoms with Gasteiger partial charge in [0.2, 0.25) is 0 Å². The first-order valence-corrected chi connectivity index (χ1v) is 9.17. The predicted octanol–water partition coefficient (Wildman–Crippen LogP) is 2.18. The number of rotatable bonds is 4. The largest absolute Gasteiger partial charge is 0.483 e. The molecule has 2 aromatic heterocycles. The molecule has 152 valence electrons. The Morgan fingerprint density at radius 1 is 1.25 bits per heavy atom. The van der Waals surface area contributed by atoms with Gasteiger partial charge in [0.15, 0.2) is 11.5 Å². The summed E-state index contributed by atoms with van der Waals surface area (Å²) in [6.45, 7) is 7.18. The number of carboxylic acid groups (broad SMARTS) is 1. The number of hydrogen-bond acceptors (Lipinski definition) is 5. The molecule has 0 spiro atoms. The van der Waals surface area contributed by atoms with E-state index in [0.29, 0.717) is 12.3 Å². The first kappa shape index (κ1) is 21.4. The Bertz CT molecular complexity index is 824. The van der Waals surface area contributed by atoms with E-state index in [4.69, 9.17) is 14.3 Å². The Hall–Kier alpha value is -2.87. The molecule has 2 aromatic rings. The molecule has 1 N–H and O–H groups in total. The molecule has 3 rings (SSSR count). The summed E-state index contributed by atoms with van der Waals surface area (Å²) in [5, 5.41) is 6.89. The number of amides is 1. The summed E-state index contributed by atoms with van der Waals surface area (Å²) in [6, 6.07) is 3.78. The van der Waals surface area contributed by atoms with Gasteiger partial charge in [-0.05, 0) is 32.4 Å². The van der Waals surface area contributed by atoms with Crippen molar-refractivity contribution in [3.05, 3.63) is 47.2 Å². The molecule has 1 aliphatic heterocycles. The second-order valence-electron chi connectivity index (χ2n) is 6.85. The molecular formula is C20H27N3O5. The maximum absolute atomic E-state index is 12.6. The second-order valence-corrected chi connectivity index (χ2v) is 6.85. The van der Waals surface area contributed by atoms with Gasteiger partial charge in [-0.2, -0.15) is 0 Å². The fraction of sp³-hybridized carbons (Fsp3) is 0.450. The van der Waals surface area contributed by atoms with Crippen molar-refractivity contribution in [1.29, 1.82) is 0 Å². The molecule has 1 aliphatic rings. The highest BCUT2D eigenvalue weighted by molar-refractivity contribution is 5.94. The zero-order chi connectivity index (χ0) is 20.7. The van der Waals surface area contributed by atoms with Gasteiger partial charge in [0.25, 0.3) is 12.4 Å². The van der Waals surface area contributed by atoms with Gasteiger partial charge in [-0.15, -0.1) is 0 Å². The van der Waals surface area contributed by atoms with Crippen molar-refractivity contribution in [2.75, 3.05) is 26.2 Å². The summed E-state index contributed by atoms with van der Waals surface area (Å²) >= 11 is 0. The van der Waals surface area contributed by atoms with E-state index < -0.39 is 0 Å². The van der Waals surface area contributed by atoms with E-state index in [1.165, 1.54) is 0 Å². The van der Waals surface area contributed by atoms with Crippen LogP contribution < -0.4 is 0 Å². The van der Waals surface area contributed by atoms with E-state index in [9.17, 15) is 9.59 Å². The quantitative estimate of drug-likeness (QED) is 0.636. The van der Waals surface area contributed by atoms with Crippen molar-refractivity contribution in [2.24, 2.45) is 7.05 Å². The molecular weight excluding hydrogens is 362 g/mol. The van der Waals surface area contributed by atoms with Gasteiger partial charge in [-0.3, -0.25) is 19.3 Å². The number of furan rings is 1. The molecule has 0 aromatic carbocycles. The molecule has 1 saturated heterocycles. The van der Waals surface area contributed by atoms with Crippen molar-refractivity contribution in [1.82, 2.24) is 14.4 Å². The summed E-state index contributed by atoms with van der Waals surface area (Å²) in [4.78, 5) is 36.7. The molecule has 0 aliphatic carbocycles. The summed E-state index contributed by atoms with van der Waals surface area (Å²) in [5.74, 6) is 0.507. The average molecular weight is 389 g/mol. The Morgan fingerprint density at radius 3 is 2.54 bits per heavy atom. The lowest BCUT2D eigenvalue weighted by molar-refractivity contribution is -0.122. The first-order valence-electron chi connectivity index (χ1n) is 9.17. The monoisotopic (exact) mass is 389 g/mol. The van der Waals surface area contributed by atoms with Crippen LogP contribution in [0.2, 0.25) is 0 Å². The lowest BCUT2D eigenvalue weighted by atomic mass is 10.2. The Labute approximate surface area is 164 Å². The molecule has 8 heteroatoms. The van der Waals surface area contributed by atoms with Crippen molar-refractivity contribution >= 4 is 18.2 Å². The molecule has 0 unspecified atom stereocenters. The fourth-order valence-electron chi connectivity index (χ4n) is 3.26. The minimum Gasteiger partial charge on any atom is -0.483 e.